The third kappa shape index (κ3) is 3.48. The maximum absolute atomic E-state index is 7.78. The molecule has 5 nitrogen and oxygen atoms in total. The number of hydrogen-bond donors (Lipinski definition) is 2. The Morgan fingerprint density at radius 3 is 2.33 bits per heavy atom. The van der Waals surface area contributed by atoms with E-state index in [4.69, 9.17) is 11.1 Å². The first-order valence-electron chi connectivity index (χ1n) is 8.67. The summed E-state index contributed by atoms with van der Waals surface area (Å²) < 4.78 is 2.07. The maximum Gasteiger partial charge on any atom is 0.140 e. The van der Waals surface area contributed by atoms with E-state index in [1.54, 1.807) is 12.4 Å². The number of hydrogen-bond acceptors (Lipinski definition) is 3. The van der Waals surface area contributed by atoms with E-state index in [0.717, 1.165) is 33.8 Å². The predicted molar refractivity (Wildman–Crippen MR) is 107 cm³/mol. The molecule has 4 rings (SSSR count). The number of nitrogens with zero attached hydrogens (tertiary/aromatic N) is 3. The molecule has 0 unspecified atom stereocenters. The Labute approximate surface area is 157 Å². The molecule has 0 amide bonds. The first-order chi connectivity index (χ1) is 13.2. The highest BCUT2D eigenvalue weighted by atomic mass is 15.1. The summed E-state index contributed by atoms with van der Waals surface area (Å²) in [5, 5.41) is 7.78. The molecule has 0 fully saturated rings. The van der Waals surface area contributed by atoms with E-state index in [9.17, 15) is 0 Å². The molecule has 3 N–H and O–H groups in total. The number of nitrogen functional groups attached to an aromatic ring is 1. The summed E-state index contributed by atoms with van der Waals surface area (Å²) in [6, 6.07) is 21.8. The second-order valence-electron chi connectivity index (χ2n) is 6.24. The molecule has 4 aromatic rings. The van der Waals surface area contributed by atoms with E-state index in [1.165, 1.54) is 0 Å². The minimum atomic E-state index is 0.0759. The molecule has 0 bridgehead atoms. The van der Waals surface area contributed by atoms with E-state index in [1.807, 2.05) is 48.7 Å². The number of nitrogens with two attached hydrogens (primary N) is 1. The van der Waals surface area contributed by atoms with Crippen molar-refractivity contribution in [1.29, 1.82) is 5.41 Å². The van der Waals surface area contributed by atoms with Crippen LogP contribution in [0.2, 0.25) is 0 Å². The van der Waals surface area contributed by atoms with Gasteiger partial charge >= 0.3 is 0 Å². The van der Waals surface area contributed by atoms with Crippen LogP contribution in [0.15, 0.2) is 85.3 Å². The monoisotopic (exact) mass is 353 g/mol. The minimum Gasteiger partial charge on any atom is -0.384 e. The quantitative estimate of drug-likeness (QED) is 0.421. The van der Waals surface area contributed by atoms with Crippen molar-refractivity contribution in [2.24, 2.45) is 5.73 Å². The van der Waals surface area contributed by atoms with Gasteiger partial charge in [-0.2, -0.15) is 0 Å². The average Bonchev–Trinajstić information content (AvgIpc) is 3.17. The van der Waals surface area contributed by atoms with Gasteiger partial charge in [-0.25, -0.2) is 4.98 Å². The van der Waals surface area contributed by atoms with Crippen LogP contribution in [0.25, 0.3) is 22.6 Å². The summed E-state index contributed by atoms with van der Waals surface area (Å²) in [5.41, 5.74) is 10.5. The third-order valence-electron chi connectivity index (χ3n) is 4.47. The lowest BCUT2D eigenvalue weighted by Gasteiger charge is -2.12. The largest absolute Gasteiger partial charge is 0.384 e. The summed E-state index contributed by atoms with van der Waals surface area (Å²) in [4.78, 5) is 8.91. The van der Waals surface area contributed by atoms with E-state index >= 15 is 0 Å². The SMILES string of the molecule is N=C(N)c1ccccc1Cn1ccnc1-c1ccc(-c2ccccn2)cc1. The Bertz CT molecular complexity index is 1070. The van der Waals surface area contributed by atoms with Crippen molar-refractivity contribution in [2.45, 2.75) is 6.54 Å². The van der Waals surface area contributed by atoms with E-state index < -0.39 is 0 Å². The Hall–Kier alpha value is -3.73. The molecule has 27 heavy (non-hydrogen) atoms. The molecule has 0 saturated heterocycles. The lowest BCUT2D eigenvalue weighted by molar-refractivity contribution is 0.805. The van der Waals surface area contributed by atoms with Crippen molar-refractivity contribution in [3.8, 4) is 22.6 Å². The van der Waals surface area contributed by atoms with Crippen LogP contribution in [0.5, 0.6) is 0 Å². The second-order valence-corrected chi connectivity index (χ2v) is 6.24. The van der Waals surface area contributed by atoms with Crippen molar-refractivity contribution < 1.29 is 0 Å². The van der Waals surface area contributed by atoms with Gasteiger partial charge in [0.05, 0.1) is 5.69 Å². The van der Waals surface area contributed by atoms with Gasteiger partial charge in [-0.05, 0) is 17.7 Å². The number of amidine groups is 1. The van der Waals surface area contributed by atoms with Gasteiger partial charge < -0.3 is 10.3 Å². The molecular formula is C22H19N5. The summed E-state index contributed by atoms with van der Waals surface area (Å²) in [7, 11) is 0. The van der Waals surface area contributed by atoms with Crippen LogP contribution >= 0.6 is 0 Å². The summed E-state index contributed by atoms with van der Waals surface area (Å²) in [6.07, 6.45) is 5.53. The van der Waals surface area contributed by atoms with Crippen LogP contribution in [0.1, 0.15) is 11.1 Å². The number of aromatic nitrogens is 3. The van der Waals surface area contributed by atoms with Gasteiger partial charge in [-0.3, -0.25) is 10.4 Å². The Balaban J connectivity index is 1.64. The second kappa shape index (κ2) is 7.25. The first kappa shape index (κ1) is 16.7. The lowest BCUT2D eigenvalue weighted by Crippen LogP contribution is -2.15. The van der Waals surface area contributed by atoms with Crippen molar-refractivity contribution in [3.63, 3.8) is 0 Å². The molecule has 2 aromatic heterocycles. The lowest BCUT2D eigenvalue weighted by atomic mass is 10.1. The summed E-state index contributed by atoms with van der Waals surface area (Å²) in [6.45, 7) is 0.604. The Kier molecular flexibility index (Phi) is 4.49. The van der Waals surface area contributed by atoms with Gasteiger partial charge in [-0.15, -0.1) is 0 Å². The Morgan fingerprint density at radius 2 is 1.59 bits per heavy atom. The van der Waals surface area contributed by atoms with Gasteiger partial charge in [0, 0.05) is 41.8 Å². The standard InChI is InChI=1S/C22H19N5/c23-21(24)19-6-2-1-5-18(19)15-27-14-13-26-22(27)17-10-8-16(9-11-17)20-7-3-4-12-25-20/h1-14H,15H2,(H3,23,24). The van der Waals surface area contributed by atoms with Crippen molar-refractivity contribution >= 4 is 5.84 Å². The fraction of sp³-hybridized carbons (Fsp3) is 0.0455. The molecule has 2 heterocycles. The van der Waals surface area contributed by atoms with Crippen LogP contribution in [0.3, 0.4) is 0 Å². The van der Waals surface area contributed by atoms with Crippen LogP contribution in [-0.4, -0.2) is 20.4 Å². The van der Waals surface area contributed by atoms with E-state index in [0.29, 0.717) is 6.54 Å². The molecule has 132 valence electrons. The average molecular weight is 353 g/mol. The maximum atomic E-state index is 7.78. The van der Waals surface area contributed by atoms with Crippen LogP contribution in [-0.2, 0) is 6.54 Å². The summed E-state index contributed by atoms with van der Waals surface area (Å²) in [5.74, 6) is 0.952. The fourth-order valence-corrected chi connectivity index (χ4v) is 3.13. The molecule has 0 aliphatic heterocycles. The number of nitrogens with one attached hydrogen (secondary N) is 1. The number of imidazole rings is 1. The van der Waals surface area contributed by atoms with Gasteiger partial charge in [0.15, 0.2) is 0 Å². The molecule has 0 saturated carbocycles. The van der Waals surface area contributed by atoms with Gasteiger partial charge in [0.1, 0.15) is 11.7 Å². The van der Waals surface area contributed by atoms with Crippen molar-refractivity contribution in [1.82, 2.24) is 14.5 Å². The molecular weight excluding hydrogens is 334 g/mol. The molecule has 0 radical (unpaired) electrons. The van der Waals surface area contributed by atoms with Gasteiger partial charge in [0.25, 0.3) is 0 Å². The molecule has 0 aliphatic carbocycles. The third-order valence-corrected chi connectivity index (χ3v) is 4.47. The highest BCUT2D eigenvalue weighted by Gasteiger charge is 2.10. The number of rotatable bonds is 5. The normalized spacial score (nSPS) is 10.7. The van der Waals surface area contributed by atoms with Crippen molar-refractivity contribution in [3.05, 3.63) is 96.4 Å². The van der Waals surface area contributed by atoms with Crippen LogP contribution < -0.4 is 5.73 Å². The molecule has 0 spiro atoms. The van der Waals surface area contributed by atoms with E-state index in [-0.39, 0.29) is 5.84 Å². The molecule has 0 atom stereocenters. The fourth-order valence-electron chi connectivity index (χ4n) is 3.13. The van der Waals surface area contributed by atoms with Crippen LogP contribution in [0, 0.1) is 5.41 Å². The zero-order valence-corrected chi connectivity index (χ0v) is 14.7. The zero-order valence-electron chi connectivity index (χ0n) is 14.7. The van der Waals surface area contributed by atoms with E-state index in [2.05, 4.69) is 38.8 Å². The van der Waals surface area contributed by atoms with Crippen LogP contribution in [0.4, 0.5) is 0 Å². The van der Waals surface area contributed by atoms with Gasteiger partial charge in [-0.1, -0.05) is 54.6 Å². The highest BCUT2D eigenvalue weighted by molar-refractivity contribution is 5.96. The highest BCUT2D eigenvalue weighted by Crippen LogP contribution is 2.23. The minimum absolute atomic E-state index is 0.0759. The predicted octanol–water partition coefficient (Wildman–Crippen LogP) is 3.94. The molecule has 2 aromatic carbocycles. The topological polar surface area (TPSA) is 80.6 Å². The van der Waals surface area contributed by atoms with Crippen molar-refractivity contribution in [2.75, 3.05) is 0 Å². The smallest absolute Gasteiger partial charge is 0.140 e. The zero-order chi connectivity index (χ0) is 18.6. The summed E-state index contributed by atoms with van der Waals surface area (Å²) >= 11 is 0. The van der Waals surface area contributed by atoms with Gasteiger partial charge in [0.2, 0.25) is 0 Å². The first-order valence-corrected chi connectivity index (χ1v) is 8.67. The number of benzene rings is 2. The number of pyridine rings is 1. The molecule has 0 aliphatic rings. The molecule has 5 heteroatoms. The Morgan fingerprint density at radius 1 is 0.852 bits per heavy atom.